The van der Waals surface area contributed by atoms with Crippen molar-refractivity contribution in [2.75, 3.05) is 31.0 Å². The number of carbonyl (C=O) groups excluding carboxylic acids is 3. The number of aliphatic hydroxyl groups is 1. The molecule has 3 rings (SSSR count). The van der Waals surface area contributed by atoms with Crippen molar-refractivity contribution in [2.45, 2.75) is 26.3 Å². The zero-order valence-corrected chi connectivity index (χ0v) is 19.0. The van der Waals surface area contributed by atoms with Gasteiger partial charge in [0.05, 0.1) is 24.3 Å². The number of anilines is 2. The third-order valence-electron chi connectivity index (χ3n) is 5.37. The molecule has 32 heavy (non-hydrogen) atoms. The molecule has 0 spiro atoms. The van der Waals surface area contributed by atoms with Crippen molar-refractivity contribution < 1.29 is 24.2 Å². The highest BCUT2D eigenvalue weighted by Gasteiger charge is 2.44. The van der Waals surface area contributed by atoms with Crippen LogP contribution in [-0.2, 0) is 14.3 Å². The molecule has 1 atom stereocenters. The lowest BCUT2D eigenvalue weighted by atomic mass is 9.92. The van der Waals surface area contributed by atoms with Crippen LogP contribution in [0.3, 0.4) is 0 Å². The molecule has 1 unspecified atom stereocenters. The van der Waals surface area contributed by atoms with Crippen LogP contribution < -0.4 is 9.80 Å². The zero-order chi connectivity index (χ0) is 23.6. The van der Waals surface area contributed by atoms with Crippen molar-refractivity contribution in [3.8, 4) is 0 Å². The first-order valence-corrected chi connectivity index (χ1v) is 10.4. The summed E-state index contributed by atoms with van der Waals surface area (Å²) in [6.07, 6.45) is 0.203. The number of carbonyl (C=O) groups is 3. The summed E-state index contributed by atoms with van der Waals surface area (Å²) in [4.78, 5) is 41.6. The van der Waals surface area contributed by atoms with E-state index in [-0.39, 0.29) is 29.3 Å². The molecular weight excluding hydrogens is 408 g/mol. The number of rotatable bonds is 7. The summed E-state index contributed by atoms with van der Waals surface area (Å²) in [6, 6.07) is 13.0. The Morgan fingerprint density at radius 3 is 2.34 bits per heavy atom. The van der Waals surface area contributed by atoms with E-state index >= 15 is 0 Å². The normalized spacial score (nSPS) is 16.0. The second-order valence-electron chi connectivity index (χ2n) is 8.39. The summed E-state index contributed by atoms with van der Waals surface area (Å²) < 4.78 is 4.79. The number of methoxy groups -OCH3 is 1. The van der Waals surface area contributed by atoms with Crippen LogP contribution in [0.15, 0.2) is 59.9 Å². The topological polar surface area (TPSA) is 87.1 Å². The van der Waals surface area contributed by atoms with E-state index in [0.29, 0.717) is 11.3 Å². The van der Waals surface area contributed by atoms with Crippen molar-refractivity contribution in [3.05, 3.63) is 71.0 Å². The van der Waals surface area contributed by atoms with Crippen molar-refractivity contribution in [1.29, 1.82) is 0 Å². The second kappa shape index (κ2) is 9.26. The van der Waals surface area contributed by atoms with Crippen LogP contribution in [0, 0.1) is 5.92 Å². The summed E-state index contributed by atoms with van der Waals surface area (Å²) in [6.45, 7) is 3.82. The molecule has 0 radical (unpaired) electrons. The number of ketones is 1. The monoisotopic (exact) mass is 436 g/mol. The minimum absolute atomic E-state index is 0.0615. The lowest BCUT2D eigenvalue weighted by Gasteiger charge is -2.28. The quantitative estimate of drug-likeness (QED) is 0.659. The molecule has 0 saturated carbocycles. The fourth-order valence-corrected chi connectivity index (χ4v) is 3.81. The fourth-order valence-electron chi connectivity index (χ4n) is 3.81. The maximum absolute atomic E-state index is 13.2. The van der Waals surface area contributed by atoms with Gasteiger partial charge in [-0.25, -0.2) is 4.79 Å². The lowest BCUT2D eigenvalue weighted by molar-refractivity contribution is -0.118. The van der Waals surface area contributed by atoms with Crippen LogP contribution in [-0.4, -0.2) is 44.0 Å². The van der Waals surface area contributed by atoms with E-state index in [4.69, 9.17) is 4.74 Å². The average Bonchev–Trinajstić information content (AvgIpc) is 3.03. The first kappa shape index (κ1) is 23.1. The van der Waals surface area contributed by atoms with Gasteiger partial charge in [-0.1, -0.05) is 32.0 Å². The minimum Gasteiger partial charge on any atom is -0.503 e. The number of hydrogen-bond acceptors (Lipinski definition) is 6. The van der Waals surface area contributed by atoms with Gasteiger partial charge in [0.1, 0.15) is 0 Å². The molecule has 1 heterocycles. The van der Waals surface area contributed by atoms with Gasteiger partial charge in [-0.05, 0) is 41.8 Å². The molecule has 0 aromatic heterocycles. The molecule has 1 N–H and O–H groups in total. The first-order valence-electron chi connectivity index (χ1n) is 10.4. The molecule has 7 nitrogen and oxygen atoms in total. The van der Waals surface area contributed by atoms with E-state index in [0.717, 1.165) is 5.69 Å². The van der Waals surface area contributed by atoms with Crippen LogP contribution in [0.4, 0.5) is 11.4 Å². The number of Topliss-reactive ketones (excluding diaryl/α,β-unsaturated/α-hetero) is 1. The Kier molecular flexibility index (Phi) is 6.67. The third-order valence-corrected chi connectivity index (χ3v) is 5.37. The summed E-state index contributed by atoms with van der Waals surface area (Å²) in [5.41, 5.74) is 2.37. The Morgan fingerprint density at radius 1 is 1.12 bits per heavy atom. The van der Waals surface area contributed by atoms with Crippen LogP contribution in [0.2, 0.25) is 0 Å². The summed E-state index contributed by atoms with van der Waals surface area (Å²) in [5.74, 6) is -1.99. The number of aliphatic hydroxyl groups excluding tert-OH is 1. The van der Waals surface area contributed by atoms with Gasteiger partial charge in [0.25, 0.3) is 5.91 Å². The maximum Gasteiger partial charge on any atom is 0.337 e. The van der Waals surface area contributed by atoms with Gasteiger partial charge in [0.2, 0.25) is 0 Å². The summed E-state index contributed by atoms with van der Waals surface area (Å²) >= 11 is 0. The van der Waals surface area contributed by atoms with Gasteiger partial charge in [-0.2, -0.15) is 0 Å². The SMILES string of the molecule is COC(=O)c1cccc(N2C(=O)C(O)=C(C(=O)CC(C)C)C2c2ccc(N(C)C)cc2)c1. The molecule has 0 saturated heterocycles. The van der Waals surface area contributed by atoms with Crippen LogP contribution in [0.25, 0.3) is 0 Å². The molecule has 0 aliphatic carbocycles. The van der Waals surface area contributed by atoms with Crippen molar-refractivity contribution in [2.24, 2.45) is 5.92 Å². The molecule has 168 valence electrons. The highest BCUT2D eigenvalue weighted by atomic mass is 16.5. The van der Waals surface area contributed by atoms with Gasteiger partial charge in [-0.3, -0.25) is 14.5 Å². The van der Waals surface area contributed by atoms with Crippen molar-refractivity contribution in [1.82, 2.24) is 0 Å². The second-order valence-corrected chi connectivity index (χ2v) is 8.39. The van der Waals surface area contributed by atoms with E-state index in [1.54, 1.807) is 18.2 Å². The molecule has 7 heteroatoms. The third kappa shape index (κ3) is 4.37. The van der Waals surface area contributed by atoms with E-state index in [1.807, 2.05) is 57.1 Å². The largest absolute Gasteiger partial charge is 0.503 e. The Labute approximate surface area is 187 Å². The smallest absolute Gasteiger partial charge is 0.337 e. The number of amides is 1. The number of benzene rings is 2. The molecule has 2 aromatic carbocycles. The predicted octanol–water partition coefficient (Wildman–Crippen LogP) is 4.05. The highest BCUT2D eigenvalue weighted by molar-refractivity contribution is 6.16. The molecule has 1 aliphatic rings. The fraction of sp³-hybridized carbons (Fsp3) is 0.320. The van der Waals surface area contributed by atoms with Gasteiger partial charge < -0.3 is 14.7 Å². The Bertz CT molecular complexity index is 1070. The average molecular weight is 437 g/mol. The lowest BCUT2D eigenvalue weighted by Crippen LogP contribution is -2.31. The van der Waals surface area contributed by atoms with Crippen molar-refractivity contribution >= 4 is 29.0 Å². The maximum atomic E-state index is 13.2. The minimum atomic E-state index is -0.808. The number of esters is 1. The Balaban J connectivity index is 2.14. The highest BCUT2D eigenvalue weighted by Crippen LogP contribution is 2.42. The molecule has 0 fully saturated rings. The van der Waals surface area contributed by atoms with Crippen LogP contribution in [0.5, 0.6) is 0 Å². The molecule has 2 aromatic rings. The van der Waals surface area contributed by atoms with E-state index in [2.05, 4.69) is 0 Å². The number of ether oxygens (including phenoxy) is 1. The first-order chi connectivity index (χ1) is 15.1. The Morgan fingerprint density at radius 2 is 1.78 bits per heavy atom. The van der Waals surface area contributed by atoms with Gasteiger partial charge in [0, 0.05) is 31.9 Å². The molecule has 1 aliphatic heterocycles. The van der Waals surface area contributed by atoms with Crippen LogP contribution in [0.1, 0.15) is 42.2 Å². The van der Waals surface area contributed by atoms with Crippen molar-refractivity contribution in [3.63, 3.8) is 0 Å². The van der Waals surface area contributed by atoms with E-state index < -0.39 is 23.7 Å². The predicted molar refractivity (Wildman–Crippen MR) is 123 cm³/mol. The summed E-state index contributed by atoms with van der Waals surface area (Å²) in [5, 5.41) is 10.7. The van der Waals surface area contributed by atoms with Gasteiger partial charge >= 0.3 is 5.97 Å². The van der Waals surface area contributed by atoms with E-state index in [9.17, 15) is 19.5 Å². The summed E-state index contributed by atoms with van der Waals surface area (Å²) in [7, 11) is 5.12. The number of nitrogens with zero attached hydrogens (tertiary/aromatic N) is 2. The zero-order valence-electron chi connectivity index (χ0n) is 19.0. The molecule has 1 amide bonds. The van der Waals surface area contributed by atoms with E-state index in [1.165, 1.54) is 18.1 Å². The molecule has 0 bridgehead atoms. The molecular formula is C25H28N2O5. The van der Waals surface area contributed by atoms with Crippen LogP contribution >= 0.6 is 0 Å². The van der Waals surface area contributed by atoms with Gasteiger partial charge in [-0.15, -0.1) is 0 Å². The number of hydrogen-bond donors (Lipinski definition) is 1. The standard InChI is InChI=1S/C25H28N2O5/c1-15(2)13-20(28)21-22(16-9-11-18(12-10-16)26(3)4)27(24(30)23(21)29)19-8-6-7-17(14-19)25(31)32-5/h6-12,14-15,22,29H,13H2,1-5H3. The van der Waals surface area contributed by atoms with Gasteiger partial charge in [0.15, 0.2) is 11.5 Å². The Hall–Kier alpha value is -3.61.